The van der Waals surface area contributed by atoms with E-state index in [4.69, 9.17) is 4.98 Å². The molecule has 0 aliphatic carbocycles. The third kappa shape index (κ3) is 2.21. The third-order valence-corrected chi connectivity index (χ3v) is 5.66. The van der Waals surface area contributed by atoms with Gasteiger partial charge in [-0.15, -0.1) is 0 Å². The van der Waals surface area contributed by atoms with E-state index in [0.717, 1.165) is 16.7 Å². The molecule has 2 aromatic rings. The fourth-order valence-electron chi connectivity index (χ4n) is 3.67. The predicted molar refractivity (Wildman–Crippen MR) is 85.6 cm³/mol. The van der Waals surface area contributed by atoms with Gasteiger partial charge in [0, 0.05) is 18.6 Å². The molecule has 1 aromatic carbocycles. The highest BCUT2D eigenvalue weighted by Gasteiger charge is 2.35. The maximum atomic E-state index is 4.74. The Balaban J connectivity index is 1.55. The van der Waals surface area contributed by atoms with Crippen LogP contribution in [0.5, 0.6) is 0 Å². The number of anilines is 1. The van der Waals surface area contributed by atoms with Crippen molar-refractivity contribution >= 4 is 26.7 Å². The molecule has 1 aromatic heterocycles. The zero-order chi connectivity index (χ0) is 13.5. The van der Waals surface area contributed by atoms with Crippen LogP contribution in [0.1, 0.15) is 31.2 Å². The van der Waals surface area contributed by atoms with Crippen LogP contribution in [0.25, 0.3) is 10.2 Å². The van der Waals surface area contributed by atoms with E-state index < -0.39 is 0 Å². The van der Waals surface area contributed by atoms with Crippen LogP contribution in [-0.2, 0) is 0 Å². The van der Waals surface area contributed by atoms with Gasteiger partial charge in [0.25, 0.3) is 0 Å². The van der Waals surface area contributed by atoms with Gasteiger partial charge in [0.15, 0.2) is 5.13 Å². The molecule has 0 spiro atoms. The van der Waals surface area contributed by atoms with Gasteiger partial charge in [0.1, 0.15) is 0 Å². The minimum atomic E-state index is 0.594. The molecule has 0 bridgehead atoms. The van der Waals surface area contributed by atoms with Crippen LogP contribution in [0, 0.1) is 6.92 Å². The fraction of sp³-hybridized carbons (Fsp3) is 0.562. The maximum Gasteiger partial charge on any atom is 0.184 e. The Hall–Kier alpha value is -1.13. The highest BCUT2D eigenvalue weighted by Crippen LogP contribution is 2.32. The summed E-state index contributed by atoms with van der Waals surface area (Å²) in [4.78, 5) is 7.41. The van der Waals surface area contributed by atoms with Gasteiger partial charge in [-0.05, 0) is 50.4 Å². The van der Waals surface area contributed by atoms with Gasteiger partial charge in [-0.25, -0.2) is 4.98 Å². The van der Waals surface area contributed by atoms with Gasteiger partial charge >= 0.3 is 0 Å². The molecule has 0 saturated carbocycles. The number of hydrogen-bond donors (Lipinski definition) is 1. The normalized spacial score (nSPS) is 26.9. The molecule has 0 radical (unpaired) electrons. The number of rotatable bonds is 2. The first kappa shape index (κ1) is 12.6. The molecule has 2 fully saturated rings. The van der Waals surface area contributed by atoms with Crippen molar-refractivity contribution in [2.24, 2.45) is 0 Å². The predicted octanol–water partition coefficient (Wildman–Crippen LogP) is 3.64. The highest BCUT2D eigenvalue weighted by atomic mass is 32.1. The third-order valence-electron chi connectivity index (χ3n) is 4.71. The second kappa shape index (κ2) is 5.01. The zero-order valence-corrected chi connectivity index (χ0v) is 12.7. The van der Waals surface area contributed by atoms with Crippen LogP contribution in [0.2, 0.25) is 0 Å². The first-order chi connectivity index (χ1) is 9.79. The average Bonchev–Trinajstić information content (AvgIpc) is 3.03. The van der Waals surface area contributed by atoms with E-state index in [2.05, 4.69) is 35.3 Å². The second-order valence-electron chi connectivity index (χ2n) is 6.13. The quantitative estimate of drug-likeness (QED) is 0.914. The summed E-state index contributed by atoms with van der Waals surface area (Å²) < 4.78 is 1.30. The van der Waals surface area contributed by atoms with Crippen LogP contribution >= 0.6 is 11.3 Å². The molecule has 2 unspecified atom stereocenters. The summed E-state index contributed by atoms with van der Waals surface area (Å²) in [5.74, 6) is 0. The van der Waals surface area contributed by atoms with Crippen LogP contribution in [0.3, 0.4) is 0 Å². The van der Waals surface area contributed by atoms with Crippen molar-refractivity contribution < 1.29 is 0 Å². The highest BCUT2D eigenvalue weighted by molar-refractivity contribution is 7.22. The Kier molecular flexibility index (Phi) is 3.15. The molecule has 0 amide bonds. The molecular formula is C16H21N3S. The van der Waals surface area contributed by atoms with E-state index in [1.54, 1.807) is 11.3 Å². The lowest BCUT2D eigenvalue weighted by atomic mass is 9.99. The topological polar surface area (TPSA) is 28.2 Å². The van der Waals surface area contributed by atoms with E-state index in [9.17, 15) is 0 Å². The van der Waals surface area contributed by atoms with Gasteiger partial charge in [0.05, 0.1) is 10.2 Å². The van der Waals surface area contributed by atoms with Crippen molar-refractivity contribution in [1.29, 1.82) is 0 Å². The van der Waals surface area contributed by atoms with E-state index in [-0.39, 0.29) is 0 Å². The first-order valence-corrected chi connectivity index (χ1v) is 8.49. The van der Waals surface area contributed by atoms with E-state index in [1.807, 2.05) is 0 Å². The van der Waals surface area contributed by atoms with Crippen LogP contribution in [0.15, 0.2) is 18.2 Å². The first-order valence-electron chi connectivity index (χ1n) is 7.67. The van der Waals surface area contributed by atoms with E-state index in [0.29, 0.717) is 6.04 Å². The number of thiazole rings is 1. The molecule has 106 valence electrons. The second-order valence-corrected chi connectivity index (χ2v) is 7.16. The van der Waals surface area contributed by atoms with Gasteiger partial charge < -0.3 is 5.32 Å². The lowest BCUT2D eigenvalue weighted by molar-refractivity contribution is 0.193. The van der Waals surface area contributed by atoms with Crippen molar-refractivity contribution in [2.45, 2.75) is 44.7 Å². The molecule has 3 heterocycles. The number of benzene rings is 1. The summed E-state index contributed by atoms with van der Waals surface area (Å²) in [7, 11) is 0. The summed E-state index contributed by atoms with van der Waals surface area (Å²) in [6.07, 6.45) is 5.38. The van der Waals surface area contributed by atoms with E-state index in [1.165, 1.54) is 49.0 Å². The summed E-state index contributed by atoms with van der Waals surface area (Å²) in [5.41, 5.74) is 2.44. The van der Waals surface area contributed by atoms with Gasteiger partial charge in [0.2, 0.25) is 0 Å². The maximum absolute atomic E-state index is 4.74. The fourth-order valence-corrected chi connectivity index (χ4v) is 4.69. The van der Waals surface area contributed by atoms with Crippen molar-refractivity contribution in [2.75, 3.05) is 18.4 Å². The lowest BCUT2D eigenvalue weighted by Crippen LogP contribution is -2.41. The van der Waals surface area contributed by atoms with Crippen molar-refractivity contribution in [1.82, 2.24) is 9.88 Å². The van der Waals surface area contributed by atoms with Crippen molar-refractivity contribution in [3.8, 4) is 0 Å². The van der Waals surface area contributed by atoms with Crippen LogP contribution in [-0.4, -0.2) is 35.1 Å². The molecule has 2 saturated heterocycles. The molecule has 4 rings (SSSR count). The average molecular weight is 287 g/mol. The SMILES string of the molecule is Cc1ccc2nc(NC3CCN4CCCCC34)sc2c1. The van der Waals surface area contributed by atoms with Crippen LogP contribution in [0.4, 0.5) is 5.13 Å². The molecule has 2 aliphatic rings. The number of fused-ring (bicyclic) bond motifs is 2. The number of aromatic nitrogens is 1. The Morgan fingerprint density at radius 1 is 1.25 bits per heavy atom. The summed E-state index contributed by atoms with van der Waals surface area (Å²) in [5, 5.41) is 4.81. The summed E-state index contributed by atoms with van der Waals surface area (Å²) >= 11 is 1.80. The molecule has 2 atom stereocenters. The molecule has 20 heavy (non-hydrogen) atoms. The number of aryl methyl sites for hydroxylation is 1. The Bertz CT molecular complexity index is 621. The number of hydrogen-bond acceptors (Lipinski definition) is 4. The van der Waals surface area contributed by atoms with Gasteiger partial charge in [-0.3, -0.25) is 4.90 Å². The Morgan fingerprint density at radius 3 is 3.15 bits per heavy atom. The van der Waals surface area contributed by atoms with Crippen molar-refractivity contribution in [3.63, 3.8) is 0 Å². The minimum absolute atomic E-state index is 0.594. The Labute approximate surface area is 124 Å². The largest absolute Gasteiger partial charge is 0.357 e. The minimum Gasteiger partial charge on any atom is -0.357 e. The zero-order valence-electron chi connectivity index (χ0n) is 11.9. The number of nitrogens with one attached hydrogen (secondary N) is 1. The number of piperidine rings is 1. The number of nitrogens with zero attached hydrogens (tertiary/aromatic N) is 2. The monoisotopic (exact) mass is 287 g/mol. The molecular weight excluding hydrogens is 266 g/mol. The van der Waals surface area contributed by atoms with Gasteiger partial charge in [-0.2, -0.15) is 0 Å². The molecule has 4 heteroatoms. The summed E-state index contributed by atoms with van der Waals surface area (Å²) in [6, 6.07) is 7.84. The smallest absolute Gasteiger partial charge is 0.184 e. The summed E-state index contributed by atoms with van der Waals surface area (Å²) in [6.45, 7) is 4.69. The lowest BCUT2D eigenvalue weighted by Gasteiger charge is -2.32. The molecule has 3 nitrogen and oxygen atoms in total. The standard InChI is InChI=1S/C16H21N3S/c1-11-5-6-13-15(10-11)20-16(18-13)17-12-7-9-19-8-3-2-4-14(12)19/h5-6,10,12,14H,2-4,7-9H2,1H3,(H,17,18). The van der Waals surface area contributed by atoms with Crippen molar-refractivity contribution in [3.05, 3.63) is 23.8 Å². The van der Waals surface area contributed by atoms with Gasteiger partial charge in [-0.1, -0.05) is 23.8 Å². The molecule has 2 aliphatic heterocycles. The van der Waals surface area contributed by atoms with Crippen LogP contribution < -0.4 is 5.32 Å². The molecule has 1 N–H and O–H groups in total. The Morgan fingerprint density at radius 2 is 2.20 bits per heavy atom. The van der Waals surface area contributed by atoms with E-state index >= 15 is 0 Å².